The molecular formula is C15H18N2O4S. The number of carbonyl (C=O) groups excluding carboxylic acids is 1. The van der Waals surface area contributed by atoms with Crippen molar-refractivity contribution in [1.29, 1.82) is 0 Å². The number of hydrogen-bond donors (Lipinski definition) is 2. The first-order valence-corrected chi connectivity index (χ1v) is 8.79. The fourth-order valence-corrected chi connectivity index (χ4v) is 2.88. The Kier molecular flexibility index (Phi) is 5.21. The van der Waals surface area contributed by atoms with Crippen LogP contribution in [0, 0.1) is 0 Å². The predicted molar refractivity (Wildman–Crippen MR) is 83.0 cm³/mol. The molecule has 7 heteroatoms. The van der Waals surface area contributed by atoms with E-state index in [1.165, 1.54) is 6.26 Å². The molecule has 1 aromatic heterocycles. The maximum atomic E-state index is 11.9. The van der Waals surface area contributed by atoms with Crippen molar-refractivity contribution in [1.82, 2.24) is 10.6 Å². The van der Waals surface area contributed by atoms with Gasteiger partial charge in [-0.25, -0.2) is 13.2 Å². The summed E-state index contributed by atoms with van der Waals surface area (Å²) in [6, 6.07) is 11.4. The van der Waals surface area contributed by atoms with Crippen LogP contribution in [0.1, 0.15) is 17.4 Å². The zero-order valence-corrected chi connectivity index (χ0v) is 13.0. The monoisotopic (exact) mass is 322 g/mol. The van der Waals surface area contributed by atoms with Gasteiger partial charge in [0, 0.05) is 6.26 Å². The van der Waals surface area contributed by atoms with Gasteiger partial charge >= 0.3 is 6.03 Å². The number of hydrogen-bond acceptors (Lipinski definition) is 4. The number of sulfone groups is 1. The second-order valence-electron chi connectivity index (χ2n) is 4.96. The molecule has 0 saturated heterocycles. The molecule has 0 radical (unpaired) electrons. The summed E-state index contributed by atoms with van der Waals surface area (Å²) in [5, 5.41) is 5.31. The van der Waals surface area contributed by atoms with E-state index < -0.39 is 21.9 Å². The molecule has 6 nitrogen and oxygen atoms in total. The highest BCUT2D eigenvalue weighted by molar-refractivity contribution is 7.90. The minimum absolute atomic E-state index is 0.162. The number of amides is 2. The summed E-state index contributed by atoms with van der Waals surface area (Å²) in [4.78, 5) is 11.9. The molecule has 2 amide bonds. The number of urea groups is 1. The lowest BCUT2D eigenvalue weighted by Gasteiger charge is -2.18. The zero-order valence-electron chi connectivity index (χ0n) is 12.2. The smallest absolute Gasteiger partial charge is 0.315 e. The van der Waals surface area contributed by atoms with Gasteiger partial charge in [-0.3, -0.25) is 0 Å². The first kappa shape index (κ1) is 16.1. The lowest BCUT2D eigenvalue weighted by Crippen LogP contribution is -2.39. The van der Waals surface area contributed by atoms with Crippen LogP contribution in [0.15, 0.2) is 53.1 Å². The summed E-state index contributed by atoms with van der Waals surface area (Å²) in [6.07, 6.45) is 2.66. The third-order valence-electron chi connectivity index (χ3n) is 2.98. The van der Waals surface area contributed by atoms with E-state index in [1.54, 1.807) is 36.4 Å². The van der Waals surface area contributed by atoms with Crippen LogP contribution in [0.25, 0.3) is 0 Å². The van der Waals surface area contributed by atoms with Gasteiger partial charge in [0.25, 0.3) is 0 Å². The lowest BCUT2D eigenvalue weighted by atomic mass is 10.1. The van der Waals surface area contributed by atoms with Crippen LogP contribution in [0.5, 0.6) is 0 Å². The van der Waals surface area contributed by atoms with Crippen molar-refractivity contribution in [3.8, 4) is 0 Å². The van der Waals surface area contributed by atoms with Crippen molar-refractivity contribution < 1.29 is 17.6 Å². The number of rotatable bonds is 6. The third-order valence-corrected chi connectivity index (χ3v) is 3.92. The molecule has 0 fully saturated rings. The van der Waals surface area contributed by atoms with E-state index in [4.69, 9.17) is 4.42 Å². The van der Waals surface area contributed by atoms with E-state index >= 15 is 0 Å². The summed E-state index contributed by atoms with van der Waals surface area (Å²) >= 11 is 0. The number of furan rings is 1. The Morgan fingerprint density at radius 2 is 1.91 bits per heavy atom. The third kappa shape index (κ3) is 5.25. The molecule has 0 bridgehead atoms. The molecule has 2 N–H and O–H groups in total. The summed E-state index contributed by atoms with van der Waals surface area (Å²) < 4.78 is 28.2. The van der Waals surface area contributed by atoms with Gasteiger partial charge < -0.3 is 15.1 Å². The van der Waals surface area contributed by atoms with Crippen molar-refractivity contribution in [2.75, 3.05) is 12.0 Å². The van der Waals surface area contributed by atoms with E-state index in [0.29, 0.717) is 5.76 Å². The van der Waals surface area contributed by atoms with Crippen LogP contribution in [0.2, 0.25) is 0 Å². The van der Waals surface area contributed by atoms with E-state index in [1.807, 2.05) is 6.07 Å². The van der Waals surface area contributed by atoms with Crippen LogP contribution < -0.4 is 10.6 Å². The normalized spacial score (nSPS) is 12.6. The summed E-state index contributed by atoms with van der Waals surface area (Å²) in [7, 11) is -3.24. The Bertz CT molecular complexity index is 696. The molecule has 2 aromatic rings. The van der Waals surface area contributed by atoms with Gasteiger partial charge in [-0.1, -0.05) is 30.3 Å². The minimum Gasteiger partial charge on any atom is -0.467 e. The molecule has 0 saturated carbocycles. The first-order valence-electron chi connectivity index (χ1n) is 6.73. The first-order chi connectivity index (χ1) is 10.4. The van der Waals surface area contributed by atoms with Crippen LogP contribution >= 0.6 is 0 Å². The standard InChI is InChI=1S/C15H18N2O4S/c1-22(19,20)11-14(12-6-3-2-4-7-12)17-15(18)16-10-13-8-5-9-21-13/h2-9,14H,10-11H2,1H3,(H2,16,17,18). The second kappa shape index (κ2) is 7.13. The summed E-state index contributed by atoms with van der Waals surface area (Å²) in [5.74, 6) is 0.458. The summed E-state index contributed by atoms with van der Waals surface area (Å²) in [5.41, 5.74) is 0.737. The Morgan fingerprint density at radius 1 is 1.18 bits per heavy atom. The topological polar surface area (TPSA) is 88.4 Å². The largest absolute Gasteiger partial charge is 0.467 e. The van der Waals surface area contributed by atoms with Gasteiger partial charge in [-0.05, 0) is 17.7 Å². The van der Waals surface area contributed by atoms with Crippen molar-refractivity contribution in [3.63, 3.8) is 0 Å². The molecule has 1 heterocycles. The van der Waals surface area contributed by atoms with Crippen molar-refractivity contribution in [2.24, 2.45) is 0 Å². The lowest BCUT2D eigenvalue weighted by molar-refractivity contribution is 0.236. The van der Waals surface area contributed by atoms with E-state index in [9.17, 15) is 13.2 Å². The molecule has 2 rings (SSSR count). The maximum absolute atomic E-state index is 11.9. The molecule has 0 aliphatic carbocycles. The number of benzene rings is 1. The van der Waals surface area contributed by atoms with E-state index in [-0.39, 0.29) is 12.3 Å². The molecule has 1 unspecified atom stereocenters. The molecule has 0 aliphatic rings. The fourth-order valence-electron chi connectivity index (χ4n) is 2.00. The van der Waals surface area contributed by atoms with Gasteiger partial charge in [-0.2, -0.15) is 0 Å². The highest BCUT2D eigenvalue weighted by Crippen LogP contribution is 2.14. The van der Waals surface area contributed by atoms with Gasteiger partial charge in [0.15, 0.2) is 0 Å². The average molecular weight is 322 g/mol. The predicted octanol–water partition coefficient (Wildman–Crippen LogP) is 1.86. The van der Waals surface area contributed by atoms with Crippen LogP contribution in [0.4, 0.5) is 4.79 Å². The Morgan fingerprint density at radius 3 is 2.50 bits per heavy atom. The molecular weight excluding hydrogens is 304 g/mol. The van der Waals surface area contributed by atoms with Gasteiger partial charge in [0.1, 0.15) is 15.6 Å². The molecule has 22 heavy (non-hydrogen) atoms. The highest BCUT2D eigenvalue weighted by atomic mass is 32.2. The minimum atomic E-state index is -3.24. The van der Waals surface area contributed by atoms with Crippen molar-refractivity contribution in [2.45, 2.75) is 12.6 Å². The quantitative estimate of drug-likeness (QED) is 0.849. The summed E-state index contributed by atoms with van der Waals surface area (Å²) in [6.45, 7) is 0.235. The highest BCUT2D eigenvalue weighted by Gasteiger charge is 2.19. The van der Waals surface area contributed by atoms with E-state index in [0.717, 1.165) is 11.8 Å². The SMILES string of the molecule is CS(=O)(=O)CC(NC(=O)NCc1ccco1)c1ccccc1. The molecule has 1 aromatic carbocycles. The van der Waals surface area contributed by atoms with Crippen molar-refractivity contribution in [3.05, 3.63) is 60.1 Å². The Hall–Kier alpha value is -2.28. The molecule has 1 atom stereocenters. The average Bonchev–Trinajstić information content (AvgIpc) is 2.97. The van der Waals surface area contributed by atoms with Crippen molar-refractivity contribution >= 4 is 15.9 Å². The number of nitrogens with one attached hydrogen (secondary N) is 2. The van der Waals surface area contributed by atoms with Gasteiger partial charge in [0.2, 0.25) is 0 Å². The molecule has 0 spiro atoms. The molecule has 118 valence electrons. The maximum Gasteiger partial charge on any atom is 0.315 e. The Labute approximate surface area is 129 Å². The zero-order chi connectivity index (χ0) is 16.0. The van der Waals surface area contributed by atoms with Gasteiger partial charge in [0.05, 0.1) is 24.6 Å². The fraction of sp³-hybridized carbons (Fsp3) is 0.267. The second-order valence-corrected chi connectivity index (χ2v) is 7.15. The van der Waals surface area contributed by atoms with Crippen LogP contribution in [-0.4, -0.2) is 26.5 Å². The van der Waals surface area contributed by atoms with Crippen LogP contribution in [-0.2, 0) is 16.4 Å². The van der Waals surface area contributed by atoms with E-state index in [2.05, 4.69) is 10.6 Å². The Balaban J connectivity index is 2.01. The molecule has 0 aliphatic heterocycles. The number of carbonyl (C=O) groups is 1. The van der Waals surface area contributed by atoms with Crippen LogP contribution in [0.3, 0.4) is 0 Å². The van der Waals surface area contributed by atoms with Gasteiger partial charge in [-0.15, -0.1) is 0 Å².